The molecule has 0 unspecified atom stereocenters. The largest absolute Gasteiger partial charge is 0.478 e. The number of aromatic nitrogens is 3. The van der Waals surface area contributed by atoms with Crippen molar-refractivity contribution in [2.45, 2.75) is 26.2 Å². The van der Waals surface area contributed by atoms with Crippen LogP contribution in [-0.2, 0) is 5.41 Å². The topological polar surface area (TPSA) is 76.0 Å². The van der Waals surface area contributed by atoms with Crippen LogP contribution in [0.2, 0.25) is 0 Å². The molecule has 2 aromatic rings. The summed E-state index contributed by atoms with van der Waals surface area (Å²) in [4.78, 5) is 23.9. The molecule has 2 heterocycles. The number of hydrogen-bond donors (Lipinski definition) is 1. The number of rotatable bonds is 2. The van der Waals surface area contributed by atoms with Crippen LogP contribution in [-0.4, -0.2) is 26.0 Å². The van der Waals surface area contributed by atoms with Crippen molar-refractivity contribution >= 4 is 5.97 Å². The molecule has 98 valence electrons. The van der Waals surface area contributed by atoms with Crippen LogP contribution in [0.1, 0.15) is 36.8 Å². The lowest BCUT2D eigenvalue weighted by atomic mass is 9.88. The molecule has 0 radical (unpaired) electrons. The number of carboxylic acids is 1. The van der Waals surface area contributed by atoms with Crippen molar-refractivity contribution in [3.63, 3.8) is 0 Å². The molecule has 0 saturated carbocycles. The van der Waals surface area contributed by atoms with Gasteiger partial charge in [0.1, 0.15) is 5.69 Å². The van der Waals surface area contributed by atoms with Gasteiger partial charge in [-0.1, -0.05) is 20.8 Å². The highest BCUT2D eigenvalue weighted by atomic mass is 16.4. The Morgan fingerprint density at radius 3 is 2.42 bits per heavy atom. The predicted molar refractivity (Wildman–Crippen MR) is 70.9 cm³/mol. The Morgan fingerprint density at radius 1 is 1.16 bits per heavy atom. The first-order valence-corrected chi connectivity index (χ1v) is 5.91. The van der Waals surface area contributed by atoms with Gasteiger partial charge in [-0.05, 0) is 12.1 Å². The predicted octanol–water partition coefficient (Wildman–Crippen LogP) is 2.53. The molecule has 0 spiro atoms. The van der Waals surface area contributed by atoms with Gasteiger partial charge in [-0.3, -0.25) is 9.97 Å². The van der Waals surface area contributed by atoms with E-state index < -0.39 is 5.97 Å². The molecule has 0 saturated heterocycles. The molecule has 19 heavy (non-hydrogen) atoms. The van der Waals surface area contributed by atoms with E-state index in [4.69, 9.17) is 0 Å². The number of nitrogens with zero attached hydrogens (tertiary/aromatic N) is 3. The van der Waals surface area contributed by atoms with Gasteiger partial charge in [0.05, 0.1) is 23.1 Å². The average Bonchev–Trinajstić information content (AvgIpc) is 2.38. The van der Waals surface area contributed by atoms with Crippen molar-refractivity contribution < 1.29 is 9.90 Å². The summed E-state index contributed by atoms with van der Waals surface area (Å²) in [6.07, 6.45) is 4.77. The molecule has 0 aliphatic carbocycles. The van der Waals surface area contributed by atoms with Gasteiger partial charge in [-0.25, -0.2) is 9.78 Å². The smallest absolute Gasteiger partial charge is 0.337 e. The van der Waals surface area contributed by atoms with E-state index in [1.54, 1.807) is 30.7 Å². The molecule has 0 fully saturated rings. The summed E-state index contributed by atoms with van der Waals surface area (Å²) in [5, 5.41) is 9.22. The minimum atomic E-state index is -0.969. The fourth-order valence-electron chi connectivity index (χ4n) is 1.78. The molecule has 0 aromatic carbocycles. The summed E-state index contributed by atoms with van der Waals surface area (Å²) in [7, 11) is 0. The van der Waals surface area contributed by atoms with Crippen LogP contribution in [0.25, 0.3) is 11.4 Å². The van der Waals surface area contributed by atoms with Gasteiger partial charge in [-0.15, -0.1) is 0 Å². The van der Waals surface area contributed by atoms with E-state index in [0.717, 1.165) is 0 Å². The third kappa shape index (κ3) is 2.76. The highest BCUT2D eigenvalue weighted by molar-refractivity contribution is 5.89. The van der Waals surface area contributed by atoms with E-state index in [1.807, 2.05) is 20.8 Å². The standard InChI is InChI=1S/C14H15N3O2/c1-14(2,3)12-9(13(18)19)4-5-10(17-12)11-8-15-6-7-16-11/h4-8H,1-3H3,(H,18,19). The number of carbonyl (C=O) groups is 1. The van der Waals surface area contributed by atoms with E-state index in [2.05, 4.69) is 15.0 Å². The monoisotopic (exact) mass is 257 g/mol. The fourth-order valence-corrected chi connectivity index (χ4v) is 1.78. The Hall–Kier alpha value is -2.30. The summed E-state index contributed by atoms with van der Waals surface area (Å²) in [5.74, 6) is -0.969. The maximum atomic E-state index is 11.2. The van der Waals surface area contributed by atoms with E-state index in [-0.39, 0.29) is 11.0 Å². The first-order chi connectivity index (χ1) is 8.89. The summed E-state index contributed by atoms with van der Waals surface area (Å²) >= 11 is 0. The molecular formula is C14H15N3O2. The molecule has 0 amide bonds. The van der Waals surface area contributed by atoms with Crippen LogP contribution in [0.15, 0.2) is 30.7 Å². The molecule has 0 aliphatic rings. The molecule has 0 bridgehead atoms. The molecule has 5 heteroatoms. The van der Waals surface area contributed by atoms with Crippen LogP contribution in [0.3, 0.4) is 0 Å². The Labute approximate surface area is 111 Å². The lowest BCUT2D eigenvalue weighted by molar-refractivity contribution is 0.0693. The fraction of sp³-hybridized carbons (Fsp3) is 0.286. The molecule has 5 nitrogen and oxygen atoms in total. The molecular weight excluding hydrogens is 242 g/mol. The first-order valence-electron chi connectivity index (χ1n) is 5.91. The number of hydrogen-bond acceptors (Lipinski definition) is 4. The average molecular weight is 257 g/mol. The van der Waals surface area contributed by atoms with Crippen molar-refractivity contribution in [1.82, 2.24) is 15.0 Å². The van der Waals surface area contributed by atoms with Crippen LogP contribution < -0.4 is 0 Å². The van der Waals surface area contributed by atoms with Gasteiger partial charge in [0.15, 0.2) is 0 Å². The van der Waals surface area contributed by atoms with Gasteiger partial charge >= 0.3 is 5.97 Å². The second-order valence-electron chi connectivity index (χ2n) is 5.24. The second kappa shape index (κ2) is 4.76. The Bertz CT molecular complexity index is 604. The van der Waals surface area contributed by atoms with Gasteiger partial charge in [0.25, 0.3) is 0 Å². The van der Waals surface area contributed by atoms with Crippen molar-refractivity contribution in [1.29, 1.82) is 0 Å². The SMILES string of the molecule is CC(C)(C)c1nc(-c2cnccn2)ccc1C(=O)O. The number of carboxylic acid groups (broad SMARTS) is 1. The van der Waals surface area contributed by atoms with Gasteiger partial charge < -0.3 is 5.11 Å². The molecule has 0 aliphatic heterocycles. The molecule has 2 rings (SSSR count). The maximum Gasteiger partial charge on any atom is 0.337 e. The quantitative estimate of drug-likeness (QED) is 0.894. The molecule has 1 N–H and O–H groups in total. The van der Waals surface area contributed by atoms with Crippen molar-refractivity contribution in [2.24, 2.45) is 0 Å². The zero-order valence-electron chi connectivity index (χ0n) is 11.1. The van der Waals surface area contributed by atoms with Crippen molar-refractivity contribution in [3.05, 3.63) is 42.0 Å². The highest BCUT2D eigenvalue weighted by Crippen LogP contribution is 2.26. The highest BCUT2D eigenvalue weighted by Gasteiger charge is 2.24. The van der Waals surface area contributed by atoms with Crippen LogP contribution in [0.5, 0.6) is 0 Å². The summed E-state index contributed by atoms with van der Waals surface area (Å²) < 4.78 is 0. The maximum absolute atomic E-state index is 11.2. The van der Waals surface area contributed by atoms with E-state index in [1.165, 1.54) is 0 Å². The van der Waals surface area contributed by atoms with Crippen LogP contribution in [0.4, 0.5) is 0 Å². The zero-order valence-corrected chi connectivity index (χ0v) is 11.1. The normalized spacial score (nSPS) is 11.3. The summed E-state index contributed by atoms with van der Waals surface area (Å²) in [6.45, 7) is 5.80. The lowest BCUT2D eigenvalue weighted by Gasteiger charge is -2.20. The summed E-state index contributed by atoms with van der Waals surface area (Å²) in [6, 6.07) is 3.22. The van der Waals surface area contributed by atoms with Gasteiger partial charge in [0.2, 0.25) is 0 Å². The van der Waals surface area contributed by atoms with Crippen molar-refractivity contribution in [2.75, 3.05) is 0 Å². The van der Waals surface area contributed by atoms with E-state index in [9.17, 15) is 9.90 Å². The molecule has 2 aromatic heterocycles. The zero-order chi connectivity index (χ0) is 14.0. The minimum Gasteiger partial charge on any atom is -0.478 e. The minimum absolute atomic E-state index is 0.222. The summed E-state index contributed by atoms with van der Waals surface area (Å²) in [5.41, 5.74) is 1.67. The number of aromatic carboxylic acids is 1. The van der Waals surface area contributed by atoms with Crippen molar-refractivity contribution in [3.8, 4) is 11.4 Å². The van der Waals surface area contributed by atoms with Crippen LogP contribution in [0, 0.1) is 0 Å². The third-order valence-electron chi connectivity index (χ3n) is 2.66. The second-order valence-corrected chi connectivity index (χ2v) is 5.24. The Morgan fingerprint density at radius 2 is 1.89 bits per heavy atom. The van der Waals surface area contributed by atoms with E-state index >= 15 is 0 Å². The Balaban J connectivity index is 2.60. The lowest BCUT2D eigenvalue weighted by Crippen LogP contribution is -2.19. The Kier molecular flexibility index (Phi) is 3.29. The number of pyridine rings is 1. The van der Waals surface area contributed by atoms with Gasteiger partial charge in [0, 0.05) is 17.8 Å². The molecule has 0 atom stereocenters. The third-order valence-corrected chi connectivity index (χ3v) is 2.66. The van der Waals surface area contributed by atoms with Gasteiger partial charge in [-0.2, -0.15) is 0 Å². The van der Waals surface area contributed by atoms with Crippen LogP contribution >= 0.6 is 0 Å². The van der Waals surface area contributed by atoms with E-state index in [0.29, 0.717) is 17.1 Å². The first kappa shape index (κ1) is 13.1.